The molecule has 0 saturated heterocycles. The highest BCUT2D eigenvalue weighted by atomic mass is 32.2. The zero-order valence-corrected chi connectivity index (χ0v) is 15.7. The van der Waals surface area contributed by atoms with Crippen LogP contribution in [-0.4, -0.2) is 25.9 Å². The van der Waals surface area contributed by atoms with Crippen molar-refractivity contribution in [2.75, 3.05) is 11.5 Å². The number of quaternary nitrogens is 2. The summed E-state index contributed by atoms with van der Waals surface area (Å²) < 4.78 is 67.7. The van der Waals surface area contributed by atoms with E-state index < -0.39 is 30.0 Å². The highest BCUT2D eigenvalue weighted by Gasteiger charge is 2.10. The van der Waals surface area contributed by atoms with E-state index in [0.29, 0.717) is 0 Å². The lowest BCUT2D eigenvalue weighted by molar-refractivity contribution is 0.460. The molecule has 0 unspecified atom stereocenters. The van der Waals surface area contributed by atoms with E-state index in [1.54, 1.807) is 0 Å². The van der Waals surface area contributed by atoms with Crippen LogP contribution >= 0.6 is 0 Å². The summed E-state index contributed by atoms with van der Waals surface area (Å²) >= 11 is 0. The fraction of sp³-hybridized carbons (Fsp3) is 0. The molecule has 10 nitrogen and oxygen atoms in total. The Morgan fingerprint density at radius 3 is 1.27 bits per heavy atom. The molecule has 144 valence electrons. The van der Waals surface area contributed by atoms with Gasteiger partial charge in [-0.05, 0) is 35.4 Å². The van der Waals surface area contributed by atoms with E-state index in [1.165, 1.54) is 36.4 Å². The molecule has 0 heterocycles. The van der Waals surface area contributed by atoms with Crippen LogP contribution in [0.1, 0.15) is 11.1 Å². The normalized spacial score (nSPS) is 11.6. The van der Waals surface area contributed by atoms with Crippen molar-refractivity contribution < 1.29 is 25.9 Å². The quantitative estimate of drug-likeness (QED) is 0.330. The Hall–Kier alpha value is -2.48. The molecular weight excluding hydrogens is 384 g/mol. The summed E-state index contributed by atoms with van der Waals surface area (Å²) in [5, 5.41) is 0. The molecule has 0 fully saturated rings. The zero-order chi connectivity index (χ0) is 18.1. The molecule has 2 aromatic carbocycles. The highest BCUT2D eigenvalue weighted by molar-refractivity contribution is 7.86. The molecule has 0 atom stereocenters. The standard InChI is InChI=1S/C14H14N2O6S2.2H3N/c15-11-5-3-9(13(7-11)23(17,18)19)1-2-10-4-6-12(16)8-14(10)24(20,21)22;;/h1-8H,15-16H2,(H,17,18,19)(H,20,21,22);2*1H3. The van der Waals surface area contributed by atoms with Gasteiger partial charge in [0.2, 0.25) is 0 Å². The van der Waals surface area contributed by atoms with E-state index >= 15 is 0 Å². The van der Waals surface area contributed by atoms with Crippen molar-refractivity contribution in [3.05, 3.63) is 47.5 Å². The van der Waals surface area contributed by atoms with Crippen molar-refractivity contribution in [2.45, 2.75) is 9.79 Å². The maximum atomic E-state index is 11.3. The first-order valence-electron chi connectivity index (χ1n) is 6.37. The van der Waals surface area contributed by atoms with Gasteiger partial charge in [0.05, 0.1) is 9.79 Å². The minimum Gasteiger partial charge on any atom is -0.744 e. The van der Waals surface area contributed by atoms with Gasteiger partial charge < -0.3 is 32.9 Å². The molecule has 0 bridgehead atoms. The van der Waals surface area contributed by atoms with Crippen LogP contribution in [0.2, 0.25) is 0 Å². The summed E-state index contributed by atoms with van der Waals surface area (Å²) in [6.07, 6.45) is 2.40. The smallest absolute Gasteiger partial charge is 0.125 e. The predicted molar refractivity (Wildman–Crippen MR) is 98.5 cm³/mol. The van der Waals surface area contributed by atoms with Crippen molar-refractivity contribution in [2.24, 2.45) is 0 Å². The summed E-state index contributed by atoms with van der Waals surface area (Å²) in [6, 6.07) is 7.33. The lowest BCUT2D eigenvalue weighted by Crippen LogP contribution is -2.03. The van der Waals surface area contributed by atoms with Crippen LogP contribution in [-0.2, 0) is 20.2 Å². The highest BCUT2D eigenvalue weighted by Crippen LogP contribution is 2.24. The maximum absolute atomic E-state index is 11.3. The monoisotopic (exact) mass is 404 g/mol. The summed E-state index contributed by atoms with van der Waals surface area (Å²) in [4.78, 5) is -1.11. The van der Waals surface area contributed by atoms with Crippen molar-refractivity contribution in [1.29, 1.82) is 0 Å². The number of rotatable bonds is 4. The molecule has 0 amide bonds. The molecule has 12 heteroatoms. The minimum atomic E-state index is -4.79. The van der Waals surface area contributed by atoms with E-state index in [-0.39, 0.29) is 34.8 Å². The van der Waals surface area contributed by atoms with E-state index in [0.717, 1.165) is 12.1 Å². The summed E-state index contributed by atoms with van der Waals surface area (Å²) in [6.45, 7) is 0. The molecule has 0 aliphatic rings. The molecule has 2 rings (SSSR count). The van der Waals surface area contributed by atoms with Crippen LogP contribution < -0.4 is 23.8 Å². The molecule has 0 aliphatic heterocycles. The topological polar surface area (TPSA) is 239 Å². The Bertz CT molecular complexity index is 950. The Labute approximate surface area is 151 Å². The first-order valence-corrected chi connectivity index (χ1v) is 9.19. The first kappa shape index (κ1) is 23.5. The van der Waals surface area contributed by atoms with Gasteiger partial charge in [0, 0.05) is 11.4 Å². The molecule has 0 aliphatic carbocycles. The van der Waals surface area contributed by atoms with E-state index in [4.69, 9.17) is 11.5 Å². The number of nitrogen functional groups attached to an aromatic ring is 2. The number of hydrogen-bond acceptors (Lipinski definition) is 8. The van der Waals surface area contributed by atoms with Crippen LogP contribution in [0, 0.1) is 0 Å². The van der Waals surface area contributed by atoms with Crippen molar-refractivity contribution in [3.8, 4) is 0 Å². The molecule has 26 heavy (non-hydrogen) atoms. The van der Waals surface area contributed by atoms with Gasteiger partial charge in [-0.3, -0.25) is 0 Å². The van der Waals surface area contributed by atoms with Gasteiger partial charge in [-0.2, -0.15) is 0 Å². The van der Waals surface area contributed by atoms with E-state index in [2.05, 4.69) is 0 Å². The Morgan fingerprint density at radius 2 is 1.00 bits per heavy atom. The third-order valence-corrected chi connectivity index (χ3v) is 4.84. The largest absolute Gasteiger partial charge is 0.744 e. The second kappa shape index (κ2) is 8.27. The first-order chi connectivity index (χ1) is 11.0. The van der Waals surface area contributed by atoms with Crippen molar-refractivity contribution in [3.63, 3.8) is 0 Å². The number of nitrogens with two attached hydrogens (primary N) is 2. The van der Waals surface area contributed by atoms with E-state index in [9.17, 15) is 25.9 Å². The van der Waals surface area contributed by atoms with Crippen LogP contribution in [0.15, 0.2) is 46.2 Å². The van der Waals surface area contributed by atoms with Crippen LogP contribution in [0.5, 0.6) is 0 Å². The fourth-order valence-corrected chi connectivity index (χ4v) is 3.40. The molecule has 0 radical (unpaired) electrons. The summed E-state index contributed by atoms with van der Waals surface area (Å²) in [7, 11) is -9.57. The van der Waals surface area contributed by atoms with Gasteiger partial charge in [-0.1, -0.05) is 24.3 Å². The lowest BCUT2D eigenvalue weighted by atomic mass is 10.1. The molecule has 0 aromatic heterocycles. The Morgan fingerprint density at radius 1 is 0.692 bits per heavy atom. The number of hydrogen-bond donors (Lipinski definition) is 4. The second-order valence-corrected chi connectivity index (χ2v) is 7.53. The van der Waals surface area contributed by atoms with Gasteiger partial charge in [0.1, 0.15) is 20.2 Å². The average molecular weight is 404 g/mol. The zero-order valence-electron chi connectivity index (χ0n) is 14.0. The molecule has 0 saturated carbocycles. The van der Waals surface area contributed by atoms with Crippen LogP contribution in [0.25, 0.3) is 12.2 Å². The average Bonchev–Trinajstić information content (AvgIpc) is 2.45. The summed E-state index contributed by atoms with van der Waals surface area (Å²) in [5.74, 6) is 0. The number of benzene rings is 2. The molecular formula is C14H20N4O6S2. The van der Waals surface area contributed by atoms with Gasteiger partial charge in [-0.25, -0.2) is 16.8 Å². The maximum Gasteiger partial charge on any atom is 0.125 e. The molecule has 0 spiro atoms. The third-order valence-electron chi connectivity index (χ3n) is 3.06. The Kier molecular flexibility index (Phi) is 7.48. The van der Waals surface area contributed by atoms with Gasteiger partial charge in [0.15, 0.2) is 0 Å². The molecule has 2 aromatic rings. The van der Waals surface area contributed by atoms with Gasteiger partial charge in [0.25, 0.3) is 0 Å². The Balaban J connectivity index is 0.00000312. The second-order valence-electron chi connectivity index (χ2n) is 4.84. The van der Waals surface area contributed by atoms with Crippen molar-refractivity contribution >= 4 is 43.8 Å². The van der Waals surface area contributed by atoms with Crippen molar-refractivity contribution in [1.82, 2.24) is 12.3 Å². The predicted octanol–water partition coefficient (Wildman–Crippen LogP) is 1.58. The van der Waals surface area contributed by atoms with Crippen LogP contribution in [0.3, 0.4) is 0 Å². The fourth-order valence-electron chi connectivity index (χ4n) is 1.99. The summed E-state index contributed by atoms with van der Waals surface area (Å²) in [5.41, 5.74) is 11.1. The lowest BCUT2D eigenvalue weighted by Gasteiger charge is -2.13. The third kappa shape index (κ3) is 5.52. The minimum absolute atomic E-state index is 0. The van der Waals surface area contributed by atoms with Gasteiger partial charge >= 0.3 is 0 Å². The van der Waals surface area contributed by atoms with E-state index in [1.807, 2.05) is 0 Å². The van der Waals surface area contributed by atoms with Gasteiger partial charge in [-0.15, -0.1) is 0 Å². The number of anilines is 2. The SMILES string of the molecule is Nc1ccc(C=Cc2ccc(N)cc2S(=O)(=O)[O-])c(S(=O)(=O)[O-])c1.[NH4+].[NH4+]. The van der Waals surface area contributed by atoms with Crippen LogP contribution in [0.4, 0.5) is 11.4 Å². The molecule has 12 N–H and O–H groups in total.